The molecular formula is C13H12N4O5. The van der Waals surface area contributed by atoms with E-state index in [0.29, 0.717) is 19.4 Å². The van der Waals surface area contributed by atoms with Crippen LogP contribution in [0.4, 0.5) is 0 Å². The molecule has 0 saturated carbocycles. The Labute approximate surface area is 122 Å². The molecule has 1 saturated heterocycles. The van der Waals surface area contributed by atoms with E-state index in [0.717, 1.165) is 0 Å². The van der Waals surface area contributed by atoms with Gasteiger partial charge >= 0.3 is 11.7 Å². The number of pyridine rings is 1. The Bertz CT molecular complexity index is 884. The van der Waals surface area contributed by atoms with Crippen molar-refractivity contribution in [2.75, 3.05) is 6.54 Å². The van der Waals surface area contributed by atoms with E-state index in [1.165, 1.54) is 17.2 Å². The normalized spacial score (nSPS) is 17.8. The second-order valence-corrected chi connectivity index (χ2v) is 5.02. The number of aromatic amines is 2. The lowest BCUT2D eigenvalue weighted by molar-refractivity contribution is -0.141. The number of aromatic nitrogens is 3. The number of carboxylic acid groups (broad SMARTS) is 1. The topological polar surface area (TPSA) is 136 Å². The van der Waals surface area contributed by atoms with Gasteiger partial charge in [0.2, 0.25) is 0 Å². The SMILES string of the molecule is O=C(O)[C@@H]1CCCN1C(=O)c1cnc2[nH]c(=O)[nH]c(=O)c2c1. The molecule has 1 fully saturated rings. The number of hydrogen-bond donors (Lipinski definition) is 3. The second-order valence-electron chi connectivity index (χ2n) is 5.02. The first-order valence-corrected chi connectivity index (χ1v) is 6.63. The van der Waals surface area contributed by atoms with Crippen LogP contribution in [0, 0.1) is 0 Å². The number of H-pyrrole nitrogens is 2. The Kier molecular flexibility index (Phi) is 3.24. The molecule has 3 N–H and O–H groups in total. The van der Waals surface area contributed by atoms with Crippen LogP contribution >= 0.6 is 0 Å². The smallest absolute Gasteiger partial charge is 0.327 e. The first-order chi connectivity index (χ1) is 10.5. The van der Waals surface area contributed by atoms with Gasteiger partial charge in [-0.2, -0.15) is 0 Å². The average Bonchev–Trinajstić information content (AvgIpc) is 2.95. The largest absolute Gasteiger partial charge is 0.480 e. The number of amides is 1. The predicted molar refractivity (Wildman–Crippen MR) is 74.7 cm³/mol. The zero-order chi connectivity index (χ0) is 15.9. The highest BCUT2D eigenvalue weighted by Gasteiger charge is 2.34. The molecule has 0 aliphatic carbocycles. The fourth-order valence-electron chi connectivity index (χ4n) is 2.60. The van der Waals surface area contributed by atoms with Crippen LogP contribution < -0.4 is 11.2 Å². The van der Waals surface area contributed by atoms with E-state index >= 15 is 0 Å². The Hall–Kier alpha value is -2.97. The van der Waals surface area contributed by atoms with Crippen LogP contribution in [0.15, 0.2) is 21.9 Å². The summed E-state index contributed by atoms with van der Waals surface area (Å²) in [5, 5.41) is 9.19. The molecule has 1 aliphatic rings. The maximum atomic E-state index is 12.4. The number of rotatable bonds is 2. The van der Waals surface area contributed by atoms with Gasteiger partial charge in [-0.25, -0.2) is 14.6 Å². The number of carbonyl (C=O) groups excluding carboxylic acids is 1. The molecule has 114 valence electrons. The number of hydrogen-bond acceptors (Lipinski definition) is 5. The summed E-state index contributed by atoms with van der Waals surface area (Å²) in [6.07, 6.45) is 2.23. The highest BCUT2D eigenvalue weighted by molar-refractivity contribution is 5.98. The van der Waals surface area contributed by atoms with Gasteiger partial charge in [-0.15, -0.1) is 0 Å². The van der Waals surface area contributed by atoms with Gasteiger partial charge in [-0.05, 0) is 18.9 Å². The van der Waals surface area contributed by atoms with E-state index in [-0.39, 0.29) is 16.6 Å². The molecule has 22 heavy (non-hydrogen) atoms. The summed E-state index contributed by atoms with van der Waals surface area (Å²) in [6.45, 7) is 0.343. The van der Waals surface area contributed by atoms with E-state index in [9.17, 15) is 19.2 Å². The van der Waals surface area contributed by atoms with Gasteiger partial charge in [0.1, 0.15) is 11.7 Å². The van der Waals surface area contributed by atoms with Gasteiger partial charge in [-0.3, -0.25) is 19.6 Å². The van der Waals surface area contributed by atoms with Crippen molar-refractivity contribution in [3.05, 3.63) is 38.7 Å². The van der Waals surface area contributed by atoms with Gasteiger partial charge in [0, 0.05) is 12.7 Å². The van der Waals surface area contributed by atoms with Gasteiger partial charge in [0.05, 0.1) is 10.9 Å². The minimum absolute atomic E-state index is 0.0662. The fraction of sp³-hybridized carbons (Fsp3) is 0.308. The summed E-state index contributed by atoms with van der Waals surface area (Å²) in [7, 11) is 0. The lowest BCUT2D eigenvalue weighted by atomic mass is 10.2. The molecular weight excluding hydrogens is 292 g/mol. The molecule has 3 rings (SSSR count). The molecule has 2 aromatic rings. The summed E-state index contributed by atoms with van der Waals surface area (Å²) >= 11 is 0. The molecule has 1 aliphatic heterocycles. The van der Waals surface area contributed by atoms with Crippen molar-refractivity contribution in [3.8, 4) is 0 Å². The summed E-state index contributed by atoms with van der Waals surface area (Å²) in [5.74, 6) is -1.55. The predicted octanol–water partition coefficient (Wildman–Crippen LogP) is -0.699. The molecule has 9 heteroatoms. The highest BCUT2D eigenvalue weighted by atomic mass is 16.4. The highest BCUT2D eigenvalue weighted by Crippen LogP contribution is 2.20. The number of likely N-dealkylation sites (tertiary alicyclic amines) is 1. The number of carbonyl (C=O) groups is 2. The summed E-state index contributed by atoms with van der Waals surface area (Å²) in [6, 6.07) is 0.438. The fourth-order valence-corrected chi connectivity index (χ4v) is 2.60. The Balaban J connectivity index is 2.03. The third kappa shape index (κ3) is 2.26. The molecule has 0 spiro atoms. The Morgan fingerprint density at radius 3 is 2.82 bits per heavy atom. The quantitative estimate of drug-likeness (QED) is 0.671. The Morgan fingerprint density at radius 1 is 1.32 bits per heavy atom. The molecule has 0 aromatic carbocycles. The van der Waals surface area contributed by atoms with E-state index in [4.69, 9.17) is 5.11 Å². The second kappa shape index (κ2) is 5.10. The standard InChI is InChI=1S/C13H12N4O5/c18-10-7-4-6(5-14-9(7)15-13(22)16-10)11(19)17-3-1-2-8(17)12(20)21/h4-5,8H,1-3H2,(H,20,21)(H2,14,15,16,18,22)/t8-/m0/s1. The number of nitrogens with one attached hydrogen (secondary N) is 2. The first kappa shape index (κ1) is 14.0. The van der Waals surface area contributed by atoms with Crippen molar-refractivity contribution >= 4 is 22.9 Å². The van der Waals surface area contributed by atoms with Crippen LogP contribution in [-0.4, -0.2) is 49.4 Å². The average molecular weight is 304 g/mol. The molecule has 1 atom stereocenters. The number of fused-ring (bicyclic) bond motifs is 1. The third-order valence-electron chi connectivity index (χ3n) is 3.64. The molecule has 0 bridgehead atoms. The third-order valence-corrected chi connectivity index (χ3v) is 3.64. The summed E-state index contributed by atoms with van der Waals surface area (Å²) in [5.41, 5.74) is -1.16. The number of nitrogens with zero attached hydrogens (tertiary/aromatic N) is 2. The number of carboxylic acids is 1. The van der Waals surface area contributed by atoms with E-state index in [1.807, 2.05) is 0 Å². The van der Waals surface area contributed by atoms with Gasteiger partial charge in [-0.1, -0.05) is 0 Å². The first-order valence-electron chi connectivity index (χ1n) is 6.63. The zero-order valence-corrected chi connectivity index (χ0v) is 11.3. The maximum absolute atomic E-state index is 12.4. The van der Waals surface area contributed by atoms with E-state index in [1.54, 1.807) is 0 Å². The van der Waals surface area contributed by atoms with Crippen molar-refractivity contribution in [1.29, 1.82) is 0 Å². The molecule has 0 radical (unpaired) electrons. The minimum atomic E-state index is -1.05. The van der Waals surface area contributed by atoms with Gasteiger partial charge < -0.3 is 10.0 Å². The van der Waals surface area contributed by atoms with E-state index < -0.39 is 29.2 Å². The van der Waals surface area contributed by atoms with Crippen LogP contribution in [0.3, 0.4) is 0 Å². The van der Waals surface area contributed by atoms with Gasteiger partial charge in [0.15, 0.2) is 0 Å². The van der Waals surface area contributed by atoms with Crippen molar-refractivity contribution < 1.29 is 14.7 Å². The lowest BCUT2D eigenvalue weighted by Crippen LogP contribution is -2.40. The lowest BCUT2D eigenvalue weighted by Gasteiger charge is -2.21. The maximum Gasteiger partial charge on any atom is 0.327 e. The molecule has 0 unspecified atom stereocenters. The van der Waals surface area contributed by atoms with E-state index in [2.05, 4.69) is 15.0 Å². The van der Waals surface area contributed by atoms with Crippen LogP contribution in [0.5, 0.6) is 0 Å². The van der Waals surface area contributed by atoms with Crippen LogP contribution in [0.2, 0.25) is 0 Å². The Morgan fingerprint density at radius 2 is 2.09 bits per heavy atom. The summed E-state index contributed by atoms with van der Waals surface area (Å²) in [4.78, 5) is 56.0. The molecule has 9 nitrogen and oxygen atoms in total. The molecule has 1 amide bonds. The monoisotopic (exact) mass is 304 g/mol. The molecule has 2 aromatic heterocycles. The van der Waals surface area contributed by atoms with Crippen molar-refractivity contribution in [2.24, 2.45) is 0 Å². The van der Waals surface area contributed by atoms with Crippen molar-refractivity contribution in [2.45, 2.75) is 18.9 Å². The van der Waals surface area contributed by atoms with Crippen LogP contribution in [-0.2, 0) is 4.79 Å². The molecule has 3 heterocycles. The van der Waals surface area contributed by atoms with Gasteiger partial charge in [0.25, 0.3) is 11.5 Å². The number of aliphatic carboxylic acids is 1. The summed E-state index contributed by atoms with van der Waals surface area (Å²) < 4.78 is 0. The zero-order valence-electron chi connectivity index (χ0n) is 11.3. The van der Waals surface area contributed by atoms with Crippen molar-refractivity contribution in [1.82, 2.24) is 19.9 Å². The van der Waals surface area contributed by atoms with Crippen LogP contribution in [0.25, 0.3) is 11.0 Å². The minimum Gasteiger partial charge on any atom is -0.480 e. The van der Waals surface area contributed by atoms with Crippen LogP contribution in [0.1, 0.15) is 23.2 Å². The van der Waals surface area contributed by atoms with Crippen molar-refractivity contribution in [3.63, 3.8) is 0 Å².